The van der Waals surface area contributed by atoms with E-state index < -0.39 is 22.3 Å². The third-order valence-corrected chi connectivity index (χ3v) is 3.83. The Bertz CT molecular complexity index is 981. The van der Waals surface area contributed by atoms with E-state index in [1.165, 1.54) is 4.57 Å². The minimum Gasteiger partial charge on any atom is -0.392 e. The number of para-hydroxylation sites is 2. The van der Waals surface area contributed by atoms with Crippen molar-refractivity contribution in [1.29, 1.82) is 0 Å². The Hall–Kier alpha value is -3.19. The SMILES string of the molecule is C[C@H](O)CNc1c([N+](=O)[O-])c(=O)n(-c2ccccc2)c2ccccc12. The fourth-order valence-corrected chi connectivity index (χ4v) is 2.76. The van der Waals surface area contributed by atoms with E-state index in [1.807, 2.05) is 6.07 Å². The lowest BCUT2D eigenvalue weighted by molar-refractivity contribution is -0.385. The number of nitro groups is 1. The first-order chi connectivity index (χ1) is 12.0. The van der Waals surface area contributed by atoms with Crippen molar-refractivity contribution in [2.75, 3.05) is 11.9 Å². The van der Waals surface area contributed by atoms with E-state index in [4.69, 9.17) is 0 Å². The van der Waals surface area contributed by atoms with Gasteiger partial charge in [-0.1, -0.05) is 36.4 Å². The van der Waals surface area contributed by atoms with Gasteiger partial charge in [0.05, 0.1) is 16.5 Å². The normalized spacial score (nSPS) is 12.1. The molecule has 2 N–H and O–H groups in total. The molecule has 0 unspecified atom stereocenters. The molecule has 1 heterocycles. The molecular weight excluding hydrogens is 322 g/mol. The Morgan fingerprint density at radius 2 is 1.80 bits per heavy atom. The van der Waals surface area contributed by atoms with Gasteiger partial charge in [0.2, 0.25) is 0 Å². The summed E-state index contributed by atoms with van der Waals surface area (Å²) < 4.78 is 1.33. The highest BCUT2D eigenvalue weighted by Crippen LogP contribution is 2.31. The third-order valence-electron chi connectivity index (χ3n) is 3.83. The predicted molar refractivity (Wildman–Crippen MR) is 96.4 cm³/mol. The van der Waals surface area contributed by atoms with E-state index in [-0.39, 0.29) is 12.2 Å². The van der Waals surface area contributed by atoms with Gasteiger partial charge in [0.25, 0.3) is 0 Å². The van der Waals surface area contributed by atoms with Crippen molar-refractivity contribution in [1.82, 2.24) is 4.57 Å². The summed E-state index contributed by atoms with van der Waals surface area (Å²) in [6.07, 6.45) is -0.713. The standard InChI is InChI=1S/C18H17N3O4/c1-12(22)11-19-16-14-9-5-6-10-15(14)20(13-7-3-2-4-8-13)18(23)17(16)21(24)25/h2-10,12,19,22H,11H2,1H3/t12-/m0/s1. The van der Waals surface area contributed by atoms with Crippen molar-refractivity contribution in [3.05, 3.63) is 75.1 Å². The second-order valence-corrected chi connectivity index (χ2v) is 5.70. The number of benzene rings is 2. The lowest BCUT2D eigenvalue weighted by Crippen LogP contribution is -2.25. The molecule has 0 saturated carbocycles. The molecule has 128 valence electrons. The minimum absolute atomic E-state index is 0.0968. The highest BCUT2D eigenvalue weighted by molar-refractivity contribution is 5.97. The maximum Gasteiger partial charge on any atom is 0.357 e. The number of aliphatic hydroxyl groups excluding tert-OH is 1. The fraction of sp³-hybridized carbons (Fsp3) is 0.167. The van der Waals surface area contributed by atoms with Gasteiger partial charge in [-0.3, -0.25) is 19.5 Å². The first-order valence-electron chi connectivity index (χ1n) is 7.80. The third kappa shape index (κ3) is 3.09. The number of pyridine rings is 1. The van der Waals surface area contributed by atoms with Crippen molar-refractivity contribution < 1.29 is 10.0 Å². The van der Waals surface area contributed by atoms with Crippen LogP contribution in [0.3, 0.4) is 0 Å². The van der Waals surface area contributed by atoms with E-state index in [1.54, 1.807) is 55.5 Å². The zero-order chi connectivity index (χ0) is 18.0. The summed E-state index contributed by atoms with van der Waals surface area (Å²) in [5, 5.41) is 24.5. The van der Waals surface area contributed by atoms with Crippen LogP contribution < -0.4 is 10.9 Å². The molecule has 3 rings (SSSR count). The molecule has 1 aromatic heterocycles. The first-order valence-corrected chi connectivity index (χ1v) is 7.80. The molecule has 0 aliphatic heterocycles. The Labute approximate surface area is 143 Å². The van der Waals surface area contributed by atoms with Crippen LogP contribution in [0.15, 0.2) is 59.4 Å². The van der Waals surface area contributed by atoms with Crippen LogP contribution >= 0.6 is 0 Å². The number of hydrogen-bond acceptors (Lipinski definition) is 5. The summed E-state index contributed by atoms with van der Waals surface area (Å²) in [6, 6.07) is 15.8. The molecular formula is C18H17N3O4. The van der Waals surface area contributed by atoms with Gasteiger partial charge in [0.1, 0.15) is 5.69 Å². The van der Waals surface area contributed by atoms with Gasteiger partial charge in [0, 0.05) is 17.6 Å². The van der Waals surface area contributed by atoms with Crippen molar-refractivity contribution >= 4 is 22.3 Å². The van der Waals surface area contributed by atoms with Gasteiger partial charge < -0.3 is 10.4 Å². The second-order valence-electron chi connectivity index (χ2n) is 5.70. The van der Waals surface area contributed by atoms with Crippen molar-refractivity contribution in [3.63, 3.8) is 0 Å². The van der Waals surface area contributed by atoms with Crippen molar-refractivity contribution in [2.24, 2.45) is 0 Å². The van der Waals surface area contributed by atoms with Crippen LogP contribution in [-0.4, -0.2) is 27.2 Å². The molecule has 0 bridgehead atoms. The van der Waals surface area contributed by atoms with E-state index in [0.717, 1.165) is 0 Å². The van der Waals surface area contributed by atoms with Crippen LogP contribution in [0.4, 0.5) is 11.4 Å². The smallest absolute Gasteiger partial charge is 0.357 e. The van der Waals surface area contributed by atoms with E-state index in [0.29, 0.717) is 16.6 Å². The van der Waals surface area contributed by atoms with Crippen LogP contribution in [0.5, 0.6) is 0 Å². The summed E-state index contributed by atoms with van der Waals surface area (Å²) in [7, 11) is 0. The molecule has 2 aromatic carbocycles. The molecule has 7 nitrogen and oxygen atoms in total. The summed E-state index contributed by atoms with van der Waals surface area (Å²) in [5.74, 6) is 0. The number of nitrogens with one attached hydrogen (secondary N) is 1. The monoisotopic (exact) mass is 339 g/mol. The zero-order valence-electron chi connectivity index (χ0n) is 13.5. The summed E-state index contributed by atoms with van der Waals surface area (Å²) in [4.78, 5) is 23.8. The number of anilines is 1. The lowest BCUT2D eigenvalue weighted by Gasteiger charge is -2.16. The van der Waals surface area contributed by atoms with E-state index in [2.05, 4.69) is 5.32 Å². The van der Waals surface area contributed by atoms with Gasteiger partial charge >= 0.3 is 11.2 Å². The minimum atomic E-state index is -0.719. The topological polar surface area (TPSA) is 97.4 Å². The van der Waals surface area contributed by atoms with Gasteiger partial charge in [-0.25, -0.2) is 0 Å². The Balaban J connectivity index is 2.40. The van der Waals surface area contributed by atoms with Gasteiger partial charge in [-0.15, -0.1) is 0 Å². The molecule has 7 heteroatoms. The van der Waals surface area contributed by atoms with Crippen LogP contribution in [0.2, 0.25) is 0 Å². The van der Waals surface area contributed by atoms with Crippen molar-refractivity contribution in [3.8, 4) is 5.69 Å². The molecule has 0 aliphatic carbocycles. The van der Waals surface area contributed by atoms with Crippen molar-refractivity contribution in [2.45, 2.75) is 13.0 Å². The molecule has 0 saturated heterocycles. The quantitative estimate of drug-likeness (QED) is 0.550. The Morgan fingerprint density at radius 1 is 1.16 bits per heavy atom. The largest absolute Gasteiger partial charge is 0.392 e. The van der Waals surface area contributed by atoms with Crippen LogP contribution in [0.1, 0.15) is 6.92 Å². The second kappa shape index (κ2) is 6.74. The fourth-order valence-electron chi connectivity index (χ4n) is 2.76. The van der Waals surface area contributed by atoms with Gasteiger partial charge in [-0.2, -0.15) is 0 Å². The number of fused-ring (bicyclic) bond motifs is 1. The molecule has 0 aliphatic rings. The zero-order valence-corrected chi connectivity index (χ0v) is 13.5. The highest BCUT2D eigenvalue weighted by atomic mass is 16.6. The Kier molecular flexibility index (Phi) is 4.49. The first kappa shape index (κ1) is 16.7. The maximum absolute atomic E-state index is 12.9. The number of aromatic nitrogens is 1. The van der Waals surface area contributed by atoms with Crippen LogP contribution in [0, 0.1) is 10.1 Å². The number of nitrogens with zero attached hydrogens (tertiary/aromatic N) is 2. The highest BCUT2D eigenvalue weighted by Gasteiger charge is 2.26. The van der Waals surface area contributed by atoms with Gasteiger partial charge in [-0.05, 0) is 25.1 Å². The van der Waals surface area contributed by atoms with Gasteiger partial charge in [0.15, 0.2) is 0 Å². The molecule has 0 radical (unpaired) electrons. The van der Waals surface area contributed by atoms with E-state index >= 15 is 0 Å². The molecule has 3 aromatic rings. The van der Waals surface area contributed by atoms with Crippen LogP contribution in [-0.2, 0) is 0 Å². The summed E-state index contributed by atoms with van der Waals surface area (Å²) in [6.45, 7) is 1.66. The lowest BCUT2D eigenvalue weighted by atomic mass is 10.1. The summed E-state index contributed by atoms with van der Waals surface area (Å²) in [5.41, 5.74) is -0.0313. The number of hydrogen-bond donors (Lipinski definition) is 2. The molecule has 0 amide bonds. The van der Waals surface area contributed by atoms with Crippen LogP contribution in [0.25, 0.3) is 16.6 Å². The maximum atomic E-state index is 12.9. The average molecular weight is 339 g/mol. The molecule has 1 atom stereocenters. The van der Waals surface area contributed by atoms with E-state index in [9.17, 15) is 20.0 Å². The molecule has 0 spiro atoms. The average Bonchev–Trinajstić information content (AvgIpc) is 2.59. The molecule has 25 heavy (non-hydrogen) atoms. The summed E-state index contributed by atoms with van der Waals surface area (Å²) >= 11 is 0. The number of rotatable bonds is 5. The predicted octanol–water partition coefficient (Wildman–Crippen LogP) is 2.69. The molecule has 0 fully saturated rings. The number of aliphatic hydroxyl groups is 1. The Morgan fingerprint density at radius 3 is 2.44 bits per heavy atom.